The molecule has 1 atom stereocenters. The van der Waals surface area contributed by atoms with E-state index in [0.29, 0.717) is 6.10 Å². The lowest BCUT2D eigenvalue weighted by molar-refractivity contribution is 0.0182. The summed E-state index contributed by atoms with van der Waals surface area (Å²) in [5, 5.41) is 0. The lowest BCUT2D eigenvalue weighted by atomic mass is 10.0. The predicted octanol–water partition coefficient (Wildman–Crippen LogP) is 4.56. The summed E-state index contributed by atoms with van der Waals surface area (Å²) in [5.41, 5.74) is 0. The number of hydrogen-bond acceptors (Lipinski definition) is 3. The Bertz CT molecular complexity index is 252. The average Bonchev–Trinajstić information content (AvgIpc) is 2.56. The first kappa shape index (κ1) is 20.9. The summed E-state index contributed by atoms with van der Waals surface area (Å²) >= 11 is 0. The van der Waals surface area contributed by atoms with Gasteiger partial charge in [-0.1, -0.05) is 65.2 Å². The van der Waals surface area contributed by atoms with Crippen molar-refractivity contribution < 1.29 is 4.74 Å². The highest BCUT2D eigenvalue weighted by molar-refractivity contribution is 4.69. The van der Waals surface area contributed by atoms with Crippen molar-refractivity contribution in [2.75, 3.05) is 46.4 Å². The molecule has 1 aliphatic rings. The summed E-state index contributed by atoms with van der Waals surface area (Å²) in [6.07, 6.45) is 13.9. The molecular weight excluding hydrogens is 284 g/mol. The second kappa shape index (κ2) is 14.2. The number of hydrogen-bond donors (Lipinski definition) is 0. The molecule has 23 heavy (non-hydrogen) atoms. The Kier molecular flexibility index (Phi) is 13.0. The van der Waals surface area contributed by atoms with Gasteiger partial charge in [-0.05, 0) is 19.9 Å². The second-order valence-electron chi connectivity index (χ2n) is 7.34. The van der Waals surface area contributed by atoms with Crippen LogP contribution < -0.4 is 0 Å². The van der Waals surface area contributed by atoms with Crippen LogP contribution in [-0.4, -0.2) is 62.3 Å². The highest BCUT2D eigenvalue weighted by Gasteiger charge is 2.14. The SMILES string of the molecule is CCCCCCCC(CCCCC)OCCN1CCN(C)CC1. The van der Waals surface area contributed by atoms with E-state index in [4.69, 9.17) is 4.74 Å². The molecule has 3 heteroatoms. The van der Waals surface area contributed by atoms with Crippen molar-refractivity contribution >= 4 is 0 Å². The molecule has 0 radical (unpaired) electrons. The quantitative estimate of drug-likeness (QED) is 0.435. The van der Waals surface area contributed by atoms with Gasteiger partial charge in [-0.15, -0.1) is 0 Å². The van der Waals surface area contributed by atoms with Crippen LogP contribution in [0.25, 0.3) is 0 Å². The molecule has 0 aromatic rings. The van der Waals surface area contributed by atoms with Crippen molar-refractivity contribution in [2.24, 2.45) is 0 Å². The van der Waals surface area contributed by atoms with Gasteiger partial charge in [-0.2, -0.15) is 0 Å². The zero-order valence-electron chi connectivity index (χ0n) is 16.2. The van der Waals surface area contributed by atoms with Gasteiger partial charge < -0.3 is 9.64 Å². The van der Waals surface area contributed by atoms with Crippen LogP contribution in [-0.2, 0) is 4.74 Å². The highest BCUT2D eigenvalue weighted by Crippen LogP contribution is 2.15. The third-order valence-corrected chi connectivity index (χ3v) is 5.12. The first-order valence-corrected chi connectivity index (χ1v) is 10.3. The van der Waals surface area contributed by atoms with Crippen LogP contribution in [0.5, 0.6) is 0 Å². The minimum atomic E-state index is 0.510. The zero-order valence-corrected chi connectivity index (χ0v) is 16.2. The van der Waals surface area contributed by atoms with Crippen molar-refractivity contribution in [1.82, 2.24) is 9.80 Å². The minimum absolute atomic E-state index is 0.510. The number of ether oxygens (including phenoxy) is 1. The van der Waals surface area contributed by atoms with Gasteiger partial charge >= 0.3 is 0 Å². The summed E-state index contributed by atoms with van der Waals surface area (Å²) in [5.74, 6) is 0. The maximum atomic E-state index is 6.27. The highest BCUT2D eigenvalue weighted by atomic mass is 16.5. The molecule has 3 nitrogen and oxygen atoms in total. The summed E-state index contributed by atoms with van der Waals surface area (Å²) < 4.78 is 6.27. The fraction of sp³-hybridized carbons (Fsp3) is 1.00. The molecular formula is C20H42N2O. The van der Waals surface area contributed by atoms with E-state index in [2.05, 4.69) is 30.7 Å². The van der Waals surface area contributed by atoms with Gasteiger partial charge in [-0.3, -0.25) is 4.90 Å². The van der Waals surface area contributed by atoms with Crippen molar-refractivity contribution in [3.63, 3.8) is 0 Å². The van der Waals surface area contributed by atoms with E-state index in [1.807, 2.05) is 0 Å². The largest absolute Gasteiger partial charge is 0.377 e. The topological polar surface area (TPSA) is 15.7 Å². The van der Waals surface area contributed by atoms with Crippen LogP contribution in [0.3, 0.4) is 0 Å². The van der Waals surface area contributed by atoms with Gasteiger partial charge in [0, 0.05) is 32.7 Å². The van der Waals surface area contributed by atoms with E-state index in [9.17, 15) is 0 Å². The summed E-state index contributed by atoms with van der Waals surface area (Å²) in [6.45, 7) is 11.4. The molecule has 0 amide bonds. The van der Waals surface area contributed by atoms with E-state index in [-0.39, 0.29) is 0 Å². The van der Waals surface area contributed by atoms with E-state index in [1.54, 1.807) is 0 Å². The Balaban J connectivity index is 2.14. The lowest BCUT2D eigenvalue weighted by Gasteiger charge is -2.32. The molecule has 1 aliphatic heterocycles. The normalized spacial score (nSPS) is 18.4. The van der Waals surface area contributed by atoms with Gasteiger partial charge in [0.15, 0.2) is 0 Å². The Morgan fingerprint density at radius 1 is 0.783 bits per heavy atom. The molecule has 0 aromatic heterocycles. The molecule has 1 unspecified atom stereocenters. The predicted molar refractivity (Wildman–Crippen MR) is 101 cm³/mol. The number of unbranched alkanes of at least 4 members (excludes halogenated alkanes) is 6. The van der Waals surface area contributed by atoms with E-state index in [0.717, 1.165) is 13.2 Å². The first-order valence-electron chi connectivity index (χ1n) is 10.3. The molecule has 0 aromatic carbocycles. The van der Waals surface area contributed by atoms with Gasteiger partial charge in [0.1, 0.15) is 0 Å². The van der Waals surface area contributed by atoms with Crippen LogP contribution in [0.15, 0.2) is 0 Å². The lowest BCUT2D eigenvalue weighted by Crippen LogP contribution is -2.45. The van der Waals surface area contributed by atoms with Crippen LogP contribution in [0, 0.1) is 0 Å². The number of nitrogens with zero attached hydrogens (tertiary/aromatic N) is 2. The summed E-state index contributed by atoms with van der Waals surface area (Å²) in [4.78, 5) is 4.98. The molecule has 0 bridgehead atoms. The standard InChI is InChI=1S/C20H42N2O/c1-4-6-8-9-11-13-20(12-10-7-5-2)23-19-18-22-16-14-21(3)15-17-22/h20H,4-19H2,1-3H3. The van der Waals surface area contributed by atoms with Gasteiger partial charge in [0.2, 0.25) is 0 Å². The molecule has 1 saturated heterocycles. The smallest absolute Gasteiger partial charge is 0.0597 e. The number of rotatable bonds is 14. The maximum Gasteiger partial charge on any atom is 0.0597 e. The van der Waals surface area contributed by atoms with Crippen LogP contribution in [0.2, 0.25) is 0 Å². The van der Waals surface area contributed by atoms with Crippen molar-refractivity contribution in [3.05, 3.63) is 0 Å². The second-order valence-corrected chi connectivity index (χ2v) is 7.34. The minimum Gasteiger partial charge on any atom is -0.377 e. The summed E-state index contributed by atoms with van der Waals surface area (Å²) in [6, 6.07) is 0. The first-order chi connectivity index (χ1) is 11.3. The van der Waals surface area contributed by atoms with Gasteiger partial charge in [-0.25, -0.2) is 0 Å². The van der Waals surface area contributed by atoms with Gasteiger partial charge in [0.05, 0.1) is 12.7 Å². The summed E-state index contributed by atoms with van der Waals surface area (Å²) in [7, 11) is 2.22. The Morgan fingerprint density at radius 3 is 2.00 bits per heavy atom. The average molecular weight is 327 g/mol. The molecule has 0 spiro atoms. The Hall–Kier alpha value is -0.120. The Morgan fingerprint density at radius 2 is 1.35 bits per heavy atom. The zero-order chi connectivity index (χ0) is 16.8. The molecule has 0 aliphatic carbocycles. The van der Waals surface area contributed by atoms with Crippen LogP contribution in [0.4, 0.5) is 0 Å². The molecule has 1 rings (SSSR count). The van der Waals surface area contributed by atoms with Crippen LogP contribution >= 0.6 is 0 Å². The van der Waals surface area contributed by atoms with Crippen LogP contribution in [0.1, 0.15) is 78.1 Å². The van der Waals surface area contributed by atoms with E-state index in [1.165, 1.54) is 90.4 Å². The maximum absolute atomic E-state index is 6.27. The number of likely N-dealkylation sites (N-methyl/N-ethyl adjacent to an activating group) is 1. The fourth-order valence-corrected chi connectivity index (χ4v) is 3.33. The number of piperazine rings is 1. The molecule has 1 heterocycles. The third kappa shape index (κ3) is 11.1. The monoisotopic (exact) mass is 326 g/mol. The molecule has 138 valence electrons. The fourth-order valence-electron chi connectivity index (χ4n) is 3.33. The van der Waals surface area contributed by atoms with E-state index < -0.39 is 0 Å². The molecule has 1 fully saturated rings. The van der Waals surface area contributed by atoms with Crippen molar-refractivity contribution in [3.8, 4) is 0 Å². The van der Waals surface area contributed by atoms with Crippen molar-refractivity contribution in [2.45, 2.75) is 84.2 Å². The Labute approximate surface area is 145 Å². The van der Waals surface area contributed by atoms with Crippen molar-refractivity contribution in [1.29, 1.82) is 0 Å². The third-order valence-electron chi connectivity index (χ3n) is 5.12. The van der Waals surface area contributed by atoms with E-state index >= 15 is 0 Å². The molecule has 0 N–H and O–H groups in total. The molecule has 0 saturated carbocycles. The van der Waals surface area contributed by atoms with Gasteiger partial charge in [0.25, 0.3) is 0 Å².